The maximum Gasteiger partial charge on any atom is 0.283 e. The highest BCUT2D eigenvalue weighted by atomic mass is 35.5. The smallest absolute Gasteiger partial charge is 0.283 e. The molecule has 3 N–H and O–H groups in total. The van der Waals surface area contributed by atoms with Gasteiger partial charge < -0.3 is 20.1 Å². The fourth-order valence-corrected chi connectivity index (χ4v) is 5.01. The van der Waals surface area contributed by atoms with Crippen LogP contribution in [0.25, 0.3) is 10.9 Å². The van der Waals surface area contributed by atoms with Crippen LogP contribution in [0, 0.1) is 0 Å². The van der Waals surface area contributed by atoms with E-state index < -0.39 is 25.1 Å². The lowest BCUT2D eigenvalue weighted by molar-refractivity contribution is -0.0864. The topological polar surface area (TPSA) is 60.5 Å². The predicted octanol–water partition coefficient (Wildman–Crippen LogP) is 5.11. The average Bonchev–Trinajstić information content (AvgIpc) is 3.21. The largest absolute Gasteiger partial charge is 0.492 e. The van der Waals surface area contributed by atoms with Crippen LogP contribution in [0.4, 0.5) is 13.2 Å². The Morgan fingerprint density at radius 3 is 2.80 bits per heavy atom. The van der Waals surface area contributed by atoms with Gasteiger partial charge in [0.25, 0.3) is 5.92 Å². The van der Waals surface area contributed by atoms with Crippen molar-refractivity contribution in [2.24, 2.45) is 0 Å². The van der Waals surface area contributed by atoms with E-state index in [9.17, 15) is 18.3 Å². The number of aromatic nitrogens is 1. The number of aliphatic hydroxyl groups excluding tert-OH is 1. The van der Waals surface area contributed by atoms with Gasteiger partial charge in [-0.3, -0.25) is 9.29 Å². The van der Waals surface area contributed by atoms with Gasteiger partial charge in [0.1, 0.15) is 19.0 Å². The van der Waals surface area contributed by atoms with E-state index in [1.807, 2.05) is 31.2 Å². The predicted molar refractivity (Wildman–Crippen MR) is 132 cm³/mol. The molecule has 2 atom stereocenters. The number of nitrogens with one attached hydrogen (secondary N) is 2. The molecule has 1 unspecified atom stereocenters. The first kappa shape index (κ1) is 25.8. The minimum atomic E-state index is -3.26. The van der Waals surface area contributed by atoms with Crippen LogP contribution in [-0.2, 0) is 6.42 Å². The maximum atomic E-state index is 14.5. The molecule has 2 heterocycles. The number of hydrogen-bond donors (Lipinski definition) is 3. The highest BCUT2D eigenvalue weighted by molar-refractivity contribution is 6.31. The van der Waals surface area contributed by atoms with E-state index in [2.05, 4.69) is 10.3 Å². The van der Waals surface area contributed by atoms with Crippen molar-refractivity contribution in [3.8, 4) is 5.75 Å². The molecule has 35 heavy (non-hydrogen) atoms. The lowest BCUT2D eigenvalue weighted by atomic mass is 9.88. The van der Waals surface area contributed by atoms with Crippen LogP contribution in [0.1, 0.15) is 36.2 Å². The first-order valence-corrected chi connectivity index (χ1v) is 12.2. The third-order valence-electron chi connectivity index (χ3n) is 6.46. The molecule has 0 spiro atoms. The van der Waals surface area contributed by atoms with E-state index in [-0.39, 0.29) is 12.7 Å². The summed E-state index contributed by atoms with van der Waals surface area (Å²) >= 11 is 6.65. The fraction of sp³-hybridized carbons (Fsp3) is 0.462. The highest BCUT2D eigenvalue weighted by Crippen LogP contribution is 2.44. The number of aromatic amines is 1. The zero-order chi connectivity index (χ0) is 25.0. The monoisotopic (exact) mass is 509 g/mol. The van der Waals surface area contributed by atoms with E-state index in [0.717, 1.165) is 22.2 Å². The summed E-state index contributed by atoms with van der Waals surface area (Å²) in [5.41, 5.74) is 3.50. The zero-order valence-corrected chi connectivity index (χ0v) is 20.4. The Balaban J connectivity index is 1.70. The first-order chi connectivity index (χ1) is 16.8. The molecular weight excluding hydrogens is 479 g/mol. The molecule has 4 rings (SSSR count). The highest BCUT2D eigenvalue weighted by Gasteiger charge is 2.42. The summed E-state index contributed by atoms with van der Waals surface area (Å²) in [6.45, 7) is 1.22. The van der Waals surface area contributed by atoms with E-state index in [1.54, 1.807) is 23.1 Å². The number of halogens is 4. The second kappa shape index (κ2) is 11.2. The van der Waals surface area contributed by atoms with Crippen LogP contribution < -0.4 is 10.1 Å². The summed E-state index contributed by atoms with van der Waals surface area (Å²) in [4.78, 5) is 5.15. The van der Waals surface area contributed by atoms with Gasteiger partial charge in [0.2, 0.25) is 0 Å². The van der Waals surface area contributed by atoms with Crippen LogP contribution in [0.15, 0.2) is 42.5 Å². The molecule has 1 aromatic heterocycles. The summed E-state index contributed by atoms with van der Waals surface area (Å²) in [6.07, 6.45) is 1.04. The molecule has 0 radical (unpaired) electrons. The molecule has 0 saturated heterocycles. The third-order valence-corrected chi connectivity index (χ3v) is 6.80. The van der Waals surface area contributed by atoms with Crippen LogP contribution in [0.2, 0.25) is 5.02 Å². The van der Waals surface area contributed by atoms with Gasteiger partial charge in [-0.2, -0.15) is 0 Å². The normalized spacial score (nSPS) is 18.7. The molecule has 2 aromatic carbocycles. The Kier molecular flexibility index (Phi) is 8.27. The second-order valence-electron chi connectivity index (χ2n) is 9.03. The fourth-order valence-electron chi connectivity index (χ4n) is 4.78. The standard InChI is InChI=1S/C26H31ClF3N3O2/c1-17-13-20-19-5-2-3-6-23(19)32-24(20)25(33(17)15-26(29,30)16-34)21-14-18(7-8-22(21)27)35-12-11-31-10-4-9-28/h2-3,5-8,14,17,25,31-32,34H,4,9-13,15-16H2,1H3/t17-,25?/m1/s1. The molecule has 5 nitrogen and oxygen atoms in total. The molecule has 190 valence electrons. The second-order valence-corrected chi connectivity index (χ2v) is 9.44. The van der Waals surface area contributed by atoms with Crippen molar-refractivity contribution in [2.75, 3.05) is 39.5 Å². The van der Waals surface area contributed by atoms with Crippen LogP contribution in [0.5, 0.6) is 5.75 Å². The Bertz CT molecular complexity index is 1140. The van der Waals surface area contributed by atoms with Crippen LogP contribution >= 0.6 is 11.6 Å². The number of para-hydroxylation sites is 1. The van der Waals surface area contributed by atoms with Crippen LogP contribution in [-0.4, -0.2) is 66.5 Å². The van der Waals surface area contributed by atoms with E-state index in [0.29, 0.717) is 48.9 Å². The van der Waals surface area contributed by atoms with Gasteiger partial charge in [0.15, 0.2) is 0 Å². The SMILES string of the molecule is C[C@@H]1Cc2c([nH]c3ccccc23)C(c2cc(OCCNCCCF)ccc2Cl)N1CC(F)(F)CO. The van der Waals surface area contributed by atoms with Crippen molar-refractivity contribution in [1.29, 1.82) is 0 Å². The number of aliphatic hydroxyl groups is 1. The average molecular weight is 510 g/mol. The minimum absolute atomic E-state index is 0.218. The first-order valence-electron chi connectivity index (χ1n) is 11.9. The Hall–Kier alpha value is -2.26. The number of H-pyrrole nitrogens is 1. The van der Waals surface area contributed by atoms with Gasteiger partial charge in [-0.15, -0.1) is 0 Å². The molecule has 1 aliphatic rings. The van der Waals surface area contributed by atoms with Crippen molar-refractivity contribution in [1.82, 2.24) is 15.2 Å². The molecule has 9 heteroatoms. The van der Waals surface area contributed by atoms with Crippen LogP contribution in [0.3, 0.4) is 0 Å². The van der Waals surface area contributed by atoms with Gasteiger partial charge in [-0.05, 0) is 61.7 Å². The third kappa shape index (κ3) is 5.77. The van der Waals surface area contributed by atoms with Crippen molar-refractivity contribution in [3.05, 3.63) is 64.3 Å². The number of ether oxygens (including phenoxy) is 1. The number of nitrogens with zero attached hydrogens (tertiary/aromatic N) is 1. The van der Waals surface area contributed by atoms with Crippen molar-refractivity contribution in [2.45, 2.75) is 37.8 Å². The molecule has 0 fully saturated rings. The molecular formula is C26H31ClF3N3O2. The summed E-state index contributed by atoms with van der Waals surface area (Å²) in [6, 6.07) is 12.4. The Morgan fingerprint density at radius 1 is 1.23 bits per heavy atom. The number of rotatable bonds is 11. The minimum Gasteiger partial charge on any atom is -0.492 e. The summed E-state index contributed by atoms with van der Waals surface area (Å²) in [5.74, 6) is -2.69. The quantitative estimate of drug-likeness (QED) is 0.314. The number of hydrogen-bond acceptors (Lipinski definition) is 4. The van der Waals surface area contributed by atoms with Crippen molar-refractivity contribution >= 4 is 22.5 Å². The Morgan fingerprint density at radius 2 is 2.03 bits per heavy atom. The Labute approximate surface area is 208 Å². The lowest BCUT2D eigenvalue weighted by Crippen LogP contribution is -2.49. The maximum absolute atomic E-state index is 14.5. The van der Waals surface area contributed by atoms with Gasteiger partial charge in [0.05, 0.1) is 19.3 Å². The molecule has 0 bridgehead atoms. The molecule has 1 aliphatic heterocycles. The summed E-state index contributed by atoms with van der Waals surface area (Å²) in [5, 5.41) is 13.9. The van der Waals surface area contributed by atoms with Crippen molar-refractivity contribution < 1.29 is 23.0 Å². The number of fused-ring (bicyclic) bond motifs is 3. The molecule has 0 amide bonds. The van der Waals surface area contributed by atoms with Gasteiger partial charge in [0, 0.05) is 34.2 Å². The summed E-state index contributed by atoms with van der Waals surface area (Å²) in [7, 11) is 0. The zero-order valence-electron chi connectivity index (χ0n) is 19.7. The number of alkyl halides is 3. The lowest BCUT2D eigenvalue weighted by Gasteiger charge is -2.42. The molecule has 3 aromatic rings. The van der Waals surface area contributed by atoms with E-state index >= 15 is 0 Å². The van der Waals surface area contributed by atoms with Gasteiger partial charge in [-0.1, -0.05) is 29.8 Å². The van der Waals surface area contributed by atoms with E-state index in [4.69, 9.17) is 16.3 Å². The van der Waals surface area contributed by atoms with Gasteiger partial charge in [-0.25, -0.2) is 8.78 Å². The molecule has 0 saturated carbocycles. The van der Waals surface area contributed by atoms with Crippen molar-refractivity contribution in [3.63, 3.8) is 0 Å². The number of benzene rings is 2. The summed E-state index contributed by atoms with van der Waals surface area (Å²) < 4.78 is 47.0. The van der Waals surface area contributed by atoms with Gasteiger partial charge >= 0.3 is 0 Å². The van der Waals surface area contributed by atoms with E-state index in [1.165, 1.54) is 0 Å². The molecule has 0 aliphatic carbocycles.